The standard InChI is InChI=1S/C20H25N3O3/c1-22(2)17(18-9-6-10-26-18)12-21-20(25)16-11-19(24)23(14-16)13-15-7-4-3-5-8-15/h3-10,16-17H,11-14H2,1-2H3,(H,21,25)/p+1/t16-,17-/m1/s1. The lowest BCUT2D eigenvalue weighted by atomic mass is 10.1. The van der Waals surface area contributed by atoms with Crippen molar-refractivity contribution in [3.05, 3.63) is 60.1 Å². The van der Waals surface area contributed by atoms with E-state index in [1.165, 1.54) is 4.90 Å². The van der Waals surface area contributed by atoms with E-state index in [4.69, 9.17) is 4.42 Å². The van der Waals surface area contributed by atoms with Gasteiger partial charge in [-0.1, -0.05) is 30.3 Å². The molecule has 1 aromatic heterocycles. The number of nitrogens with zero attached hydrogens (tertiary/aromatic N) is 1. The summed E-state index contributed by atoms with van der Waals surface area (Å²) < 4.78 is 5.48. The molecule has 2 N–H and O–H groups in total. The fraction of sp³-hybridized carbons (Fsp3) is 0.400. The molecule has 0 unspecified atom stereocenters. The summed E-state index contributed by atoms with van der Waals surface area (Å²) >= 11 is 0. The number of quaternary nitrogens is 1. The van der Waals surface area contributed by atoms with Gasteiger partial charge in [-0.3, -0.25) is 9.59 Å². The third kappa shape index (κ3) is 4.32. The zero-order valence-electron chi connectivity index (χ0n) is 15.3. The minimum atomic E-state index is -0.291. The zero-order chi connectivity index (χ0) is 18.5. The number of likely N-dealkylation sites (N-methyl/N-ethyl adjacent to an activating group) is 1. The average Bonchev–Trinajstić information content (AvgIpc) is 3.26. The van der Waals surface area contributed by atoms with Gasteiger partial charge in [0.25, 0.3) is 0 Å². The Bertz CT molecular complexity index is 728. The maximum atomic E-state index is 12.6. The molecule has 1 fully saturated rings. The first-order chi connectivity index (χ1) is 12.5. The Kier molecular flexibility index (Phi) is 5.73. The number of furan rings is 1. The lowest BCUT2D eigenvalue weighted by Gasteiger charge is -2.21. The molecule has 1 aliphatic heterocycles. The van der Waals surface area contributed by atoms with Crippen LogP contribution < -0.4 is 10.2 Å². The minimum Gasteiger partial charge on any atom is -0.463 e. The van der Waals surface area contributed by atoms with Gasteiger partial charge in [-0.2, -0.15) is 0 Å². The lowest BCUT2D eigenvalue weighted by Crippen LogP contribution is -3.07. The predicted octanol–water partition coefficient (Wildman–Crippen LogP) is 0.630. The Morgan fingerprint density at radius 2 is 2.04 bits per heavy atom. The predicted molar refractivity (Wildman–Crippen MR) is 97.2 cm³/mol. The maximum Gasteiger partial charge on any atom is 0.225 e. The van der Waals surface area contributed by atoms with Gasteiger partial charge in [0.15, 0.2) is 11.8 Å². The van der Waals surface area contributed by atoms with E-state index in [2.05, 4.69) is 5.32 Å². The molecule has 1 saturated heterocycles. The summed E-state index contributed by atoms with van der Waals surface area (Å²) in [5, 5.41) is 3.00. The number of nitrogens with one attached hydrogen (secondary N) is 2. The van der Waals surface area contributed by atoms with Crippen molar-refractivity contribution in [3.8, 4) is 0 Å². The minimum absolute atomic E-state index is 0.0369. The van der Waals surface area contributed by atoms with Gasteiger partial charge in [-0.05, 0) is 17.7 Å². The Labute approximate surface area is 153 Å². The SMILES string of the molecule is C[NH+](C)[C@H](CNC(=O)[C@@H]1CC(=O)N(Cc2ccccc2)C1)c1ccco1. The number of benzene rings is 1. The van der Waals surface area contributed by atoms with Crippen molar-refractivity contribution in [3.63, 3.8) is 0 Å². The van der Waals surface area contributed by atoms with Crippen LogP contribution in [0.3, 0.4) is 0 Å². The second kappa shape index (κ2) is 8.19. The number of hydrogen-bond acceptors (Lipinski definition) is 3. The molecular formula is C20H26N3O3+. The number of likely N-dealkylation sites (tertiary alicyclic amines) is 1. The van der Waals surface area contributed by atoms with E-state index in [9.17, 15) is 9.59 Å². The summed E-state index contributed by atoms with van der Waals surface area (Å²) in [4.78, 5) is 27.7. The topological polar surface area (TPSA) is 67.0 Å². The molecule has 6 heteroatoms. The number of rotatable bonds is 7. The molecule has 1 aromatic carbocycles. The Hall–Kier alpha value is -2.60. The number of amides is 2. The molecule has 26 heavy (non-hydrogen) atoms. The van der Waals surface area contributed by atoms with E-state index >= 15 is 0 Å². The van der Waals surface area contributed by atoms with E-state index in [1.807, 2.05) is 56.6 Å². The van der Waals surface area contributed by atoms with Crippen LogP contribution >= 0.6 is 0 Å². The molecule has 138 valence electrons. The van der Waals surface area contributed by atoms with Gasteiger partial charge in [0, 0.05) is 19.5 Å². The van der Waals surface area contributed by atoms with Crippen molar-refractivity contribution >= 4 is 11.8 Å². The molecule has 6 nitrogen and oxygen atoms in total. The molecule has 1 aliphatic rings. The number of carbonyl (C=O) groups excluding carboxylic acids is 2. The molecule has 0 bridgehead atoms. The van der Waals surface area contributed by atoms with Gasteiger partial charge in [0.1, 0.15) is 0 Å². The second-order valence-electron chi connectivity index (χ2n) is 7.05. The van der Waals surface area contributed by atoms with Crippen molar-refractivity contribution in [2.45, 2.75) is 19.0 Å². The quantitative estimate of drug-likeness (QED) is 0.765. The van der Waals surface area contributed by atoms with Gasteiger partial charge >= 0.3 is 0 Å². The highest BCUT2D eigenvalue weighted by Crippen LogP contribution is 2.20. The van der Waals surface area contributed by atoms with Crippen LogP contribution in [0.5, 0.6) is 0 Å². The van der Waals surface area contributed by atoms with Crippen molar-refractivity contribution in [2.24, 2.45) is 5.92 Å². The third-order valence-electron chi connectivity index (χ3n) is 4.87. The van der Waals surface area contributed by atoms with Gasteiger partial charge < -0.3 is 19.5 Å². The fourth-order valence-corrected chi connectivity index (χ4v) is 3.33. The van der Waals surface area contributed by atoms with Crippen LogP contribution in [0.2, 0.25) is 0 Å². The summed E-state index contributed by atoms with van der Waals surface area (Å²) in [6, 6.07) is 13.7. The lowest BCUT2D eigenvalue weighted by molar-refractivity contribution is -0.891. The molecule has 0 radical (unpaired) electrons. The van der Waals surface area contributed by atoms with Crippen LogP contribution in [0.4, 0.5) is 0 Å². The van der Waals surface area contributed by atoms with Crippen LogP contribution in [-0.4, -0.2) is 43.9 Å². The van der Waals surface area contributed by atoms with Crippen molar-refractivity contribution in [1.29, 1.82) is 0 Å². The van der Waals surface area contributed by atoms with Gasteiger partial charge in [-0.15, -0.1) is 0 Å². The van der Waals surface area contributed by atoms with Crippen LogP contribution in [0.15, 0.2) is 53.1 Å². The second-order valence-corrected chi connectivity index (χ2v) is 7.05. The summed E-state index contributed by atoms with van der Waals surface area (Å²) in [6.45, 7) is 1.51. The largest absolute Gasteiger partial charge is 0.463 e. The normalized spacial score (nSPS) is 18.3. The Balaban J connectivity index is 1.54. The first-order valence-corrected chi connectivity index (χ1v) is 8.97. The first-order valence-electron chi connectivity index (χ1n) is 8.97. The number of carbonyl (C=O) groups is 2. The van der Waals surface area contributed by atoms with E-state index in [0.29, 0.717) is 19.6 Å². The van der Waals surface area contributed by atoms with Gasteiger partial charge in [0.05, 0.1) is 32.8 Å². The highest BCUT2D eigenvalue weighted by atomic mass is 16.3. The average molecular weight is 356 g/mol. The Morgan fingerprint density at radius 3 is 2.69 bits per heavy atom. The molecule has 2 amide bonds. The molecular weight excluding hydrogens is 330 g/mol. The van der Waals surface area contributed by atoms with Gasteiger partial charge in [-0.25, -0.2) is 0 Å². The smallest absolute Gasteiger partial charge is 0.225 e. The fourth-order valence-electron chi connectivity index (χ4n) is 3.33. The van der Waals surface area contributed by atoms with Crippen LogP contribution in [0, 0.1) is 5.92 Å². The van der Waals surface area contributed by atoms with E-state index in [1.54, 1.807) is 11.2 Å². The Morgan fingerprint density at radius 1 is 1.27 bits per heavy atom. The van der Waals surface area contributed by atoms with E-state index in [0.717, 1.165) is 11.3 Å². The molecule has 2 heterocycles. The maximum absolute atomic E-state index is 12.6. The van der Waals surface area contributed by atoms with Crippen LogP contribution in [-0.2, 0) is 16.1 Å². The third-order valence-corrected chi connectivity index (χ3v) is 4.87. The van der Waals surface area contributed by atoms with Crippen LogP contribution in [0.1, 0.15) is 23.8 Å². The number of hydrogen-bond donors (Lipinski definition) is 2. The zero-order valence-corrected chi connectivity index (χ0v) is 15.3. The highest BCUT2D eigenvalue weighted by Gasteiger charge is 2.34. The van der Waals surface area contributed by atoms with E-state index < -0.39 is 0 Å². The van der Waals surface area contributed by atoms with E-state index in [-0.39, 0.29) is 30.2 Å². The summed E-state index contributed by atoms with van der Waals surface area (Å²) in [5.74, 6) is 0.528. The summed E-state index contributed by atoms with van der Waals surface area (Å²) in [6.07, 6.45) is 1.92. The molecule has 0 spiro atoms. The van der Waals surface area contributed by atoms with Crippen molar-refractivity contribution < 1.29 is 18.9 Å². The summed E-state index contributed by atoms with van der Waals surface area (Å²) in [5.41, 5.74) is 1.08. The molecule has 0 saturated carbocycles. The highest BCUT2D eigenvalue weighted by molar-refractivity contribution is 5.89. The van der Waals surface area contributed by atoms with Gasteiger partial charge in [0.2, 0.25) is 11.8 Å². The first kappa shape index (κ1) is 18.2. The van der Waals surface area contributed by atoms with Crippen molar-refractivity contribution in [2.75, 3.05) is 27.2 Å². The van der Waals surface area contributed by atoms with Crippen LogP contribution in [0.25, 0.3) is 0 Å². The molecule has 2 aromatic rings. The molecule has 2 atom stereocenters. The monoisotopic (exact) mass is 356 g/mol. The summed E-state index contributed by atoms with van der Waals surface area (Å²) in [7, 11) is 4.06. The van der Waals surface area contributed by atoms with Crippen molar-refractivity contribution in [1.82, 2.24) is 10.2 Å². The molecule has 3 rings (SSSR count). The molecule has 0 aliphatic carbocycles.